The Balaban J connectivity index is 1.85. The van der Waals surface area contributed by atoms with Crippen molar-refractivity contribution in [2.45, 2.75) is 39.2 Å². The summed E-state index contributed by atoms with van der Waals surface area (Å²) in [5, 5.41) is 3.99. The molecule has 0 saturated carbocycles. The summed E-state index contributed by atoms with van der Waals surface area (Å²) in [6.45, 7) is 4.51. The third-order valence-electron chi connectivity index (χ3n) is 4.33. The molecule has 30 heavy (non-hydrogen) atoms. The van der Waals surface area contributed by atoms with E-state index in [0.717, 1.165) is 25.0 Å². The average Bonchev–Trinajstić information content (AvgIpc) is 2.77. The molecule has 0 heterocycles. The van der Waals surface area contributed by atoms with Crippen LogP contribution in [0.15, 0.2) is 47.6 Å². The molecule has 7 nitrogen and oxygen atoms in total. The van der Waals surface area contributed by atoms with Crippen LogP contribution in [0.5, 0.6) is 23.0 Å². The Labute approximate surface area is 178 Å². The molecule has 1 atom stereocenters. The van der Waals surface area contributed by atoms with Crippen LogP contribution in [0.3, 0.4) is 0 Å². The van der Waals surface area contributed by atoms with Crippen LogP contribution in [-0.4, -0.2) is 39.1 Å². The molecule has 162 valence electrons. The van der Waals surface area contributed by atoms with Gasteiger partial charge in [0.1, 0.15) is 11.5 Å². The topological polar surface area (TPSA) is 78.4 Å². The molecule has 7 heteroatoms. The van der Waals surface area contributed by atoms with E-state index in [-0.39, 0.29) is 5.91 Å². The maximum Gasteiger partial charge on any atom is 0.280 e. The minimum atomic E-state index is -0.717. The van der Waals surface area contributed by atoms with Crippen molar-refractivity contribution >= 4 is 12.1 Å². The van der Waals surface area contributed by atoms with E-state index in [4.69, 9.17) is 18.9 Å². The highest BCUT2D eigenvalue weighted by atomic mass is 16.5. The van der Waals surface area contributed by atoms with Crippen LogP contribution in [0.1, 0.15) is 38.7 Å². The van der Waals surface area contributed by atoms with Gasteiger partial charge in [0.05, 0.1) is 27.0 Å². The number of nitrogens with one attached hydrogen (secondary N) is 1. The molecule has 0 radical (unpaired) electrons. The molecule has 2 aromatic rings. The van der Waals surface area contributed by atoms with Crippen molar-refractivity contribution < 1.29 is 23.7 Å². The van der Waals surface area contributed by atoms with Crippen molar-refractivity contribution in [2.24, 2.45) is 5.10 Å². The number of hydrogen-bond acceptors (Lipinski definition) is 6. The fourth-order valence-electron chi connectivity index (χ4n) is 2.68. The van der Waals surface area contributed by atoms with Crippen LogP contribution in [0, 0.1) is 0 Å². The molecular formula is C23H30N2O5. The number of ether oxygens (including phenoxy) is 4. The number of methoxy groups -OCH3 is 2. The predicted molar refractivity (Wildman–Crippen MR) is 117 cm³/mol. The number of para-hydroxylation sites is 1. The molecule has 0 saturated heterocycles. The smallest absolute Gasteiger partial charge is 0.280 e. The van der Waals surface area contributed by atoms with E-state index < -0.39 is 6.10 Å². The number of carbonyl (C=O) groups is 1. The second-order valence-electron chi connectivity index (χ2n) is 6.60. The lowest BCUT2D eigenvalue weighted by atomic mass is 10.2. The largest absolute Gasteiger partial charge is 0.494 e. The predicted octanol–water partition coefficient (Wildman–Crippen LogP) is 4.19. The van der Waals surface area contributed by atoms with E-state index in [0.29, 0.717) is 29.4 Å². The van der Waals surface area contributed by atoms with Gasteiger partial charge in [0.15, 0.2) is 17.6 Å². The molecule has 0 fully saturated rings. The summed E-state index contributed by atoms with van der Waals surface area (Å²) in [6.07, 6.45) is 4.13. The highest BCUT2D eigenvalue weighted by molar-refractivity contribution is 5.87. The molecule has 0 spiro atoms. The molecule has 0 aliphatic rings. The molecule has 0 aliphatic heterocycles. The van der Waals surface area contributed by atoms with Crippen LogP contribution in [0.25, 0.3) is 0 Å². The highest BCUT2D eigenvalue weighted by Crippen LogP contribution is 2.29. The standard InChI is InChI=1S/C23H30N2O5/c1-5-6-7-15-29-19-11-13-20(14-12-19)30-17(2)23(26)25-24-16-18-9-8-10-21(27-3)22(18)28-4/h8-14,16-17H,5-7,15H2,1-4H3,(H,25,26)/b24-16-/t17-/m1/s1. The van der Waals surface area contributed by atoms with Gasteiger partial charge >= 0.3 is 0 Å². The second kappa shape index (κ2) is 12.4. The fourth-order valence-corrected chi connectivity index (χ4v) is 2.68. The number of hydrogen-bond donors (Lipinski definition) is 1. The van der Waals surface area contributed by atoms with Gasteiger partial charge in [-0.25, -0.2) is 5.43 Å². The molecule has 1 N–H and O–H groups in total. The number of nitrogens with zero attached hydrogens (tertiary/aromatic N) is 1. The minimum Gasteiger partial charge on any atom is -0.494 e. The van der Waals surface area contributed by atoms with E-state index in [1.54, 1.807) is 39.3 Å². The molecular weight excluding hydrogens is 384 g/mol. The highest BCUT2D eigenvalue weighted by Gasteiger charge is 2.14. The van der Waals surface area contributed by atoms with Crippen LogP contribution in [0.2, 0.25) is 0 Å². The van der Waals surface area contributed by atoms with Gasteiger partial charge in [-0.1, -0.05) is 25.8 Å². The number of rotatable bonds is 12. The Morgan fingerprint density at radius 1 is 1.07 bits per heavy atom. The zero-order chi connectivity index (χ0) is 21.8. The van der Waals surface area contributed by atoms with Gasteiger partial charge in [0, 0.05) is 5.56 Å². The first-order valence-electron chi connectivity index (χ1n) is 10.0. The first-order chi connectivity index (χ1) is 14.6. The maximum atomic E-state index is 12.3. The van der Waals surface area contributed by atoms with Crippen molar-refractivity contribution in [1.29, 1.82) is 0 Å². The van der Waals surface area contributed by atoms with E-state index in [9.17, 15) is 4.79 Å². The van der Waals surface area contributed by atoms with Crippen molar-refractivity contribution in [3.05, 3.63) is 48.0 Å². The van der Waals surface area contributed by atoms with Crippen molar-refractivity contribution in [1.82, 2.24) is 5.43 Å². The van der Waals surface area contributed by atoms with Gasteiger partial charge in [-0.3, -0.25) is 4.79 Å². The van der Waals surface area contributed by atoms with Gasteiger partial charge in [-0.05, 0) is 49.7 Å². The summed E-state index contributed by atoms with van der Waals surface area (Å²) in [5.74, 6) is 2.12. The summed E-state index contributed by atoms with van der Waals surface area (Å²) in [5.41, 5.74) is 3.16. The third kappa shape index (κ3) is 6.99. The number of unbranched alkanes of at least 4 members (excludes halogenated alkanes) is 2. The first kappa shape index (κ1) is 23.1. The summed E-state index contributed by atoms with van der Waals surface area (Å²) in [6, 6.07) is 12.6. The van der Waals surface area contributed by atoms with Crippen LogP contribution in [-0.2, 0) is 4.79 Å². The number of hydrazone groups is 1. The number of benzene rings is 2. The number of carbonyl (C=O) groups excluding carboxylic acids is 1. The Kier molecular flexibility index (Phi) is 9.51. The molecule has 0 unspecified atom stereocenters. The lowest BCUT2D eigenvalue weighted by Gasteiger charge is -2.14. The quantitative estimate of drug-likeness (QED) is 0.320. The zero-order valence-corrected chi connectivity index (χ0v) is 18.0. The SMILES string of the molecule is CCCCCOc1ccc(O[C@H](C)C(=O)N/N=C\c2cccc(OC)c2OC)cc1. The minimum absolute atomic E-state index is 0.368. The van der Waals surface area contributed by atoms with E-state index >= 15 is 0 Å². The van der Waals surface area contributed by atoms with E-state index in [1.165, 1.54) is 6.21 Å². The molecule has 0 aliphatic carbocycles. The van der Waals surface area contributed by atoms with Gasteiger partial charge in [-0.15, -0.1) is 0 Å². The molecule has 1 amide bonds. The van der Waals surface area contributed by atoms with Gasteiger partial charge in [-0.2, -0.15) is 5.10 Å². The van der Waals surface area contributed by atoms with Crippen molar-refractivity contribution in [3.63, 3.8) is 0 Å². The van der Waals surface area contributed by atoms with E-state index in [1.807, 2.05) is 24.3 Å². The van der Waals surface area contributed by atoms with E-state index in [2.05, 4.69) is 17.5 Å². The third-order valence-corrected chi connectivity index (χ3v) is 4.33. The Hall–Kier alpha value is -3.22. The summed E-state index contributed by atoms with van der Waals surface area (Å²) >= 11 is 0. The van der Waals surface area contributed by atoms with Gasteiger partial charge in [0.2, 0.25) is 0 Å². The van der Waals surface area contributed by atoms with Crippen LogP contribution < -0.4 is 24.4 Å². The lowest BCUT2D eigenvalue weighted by molar-refractivity contribution is -0.127. The van der Waals surface area contributed by atoms with Crippen molar-refractivity contribution in [2.75, 3.05) is 20.8 Å². The molecule has 2 rings (SSSR count). The summed E-state index contributed by atoms with van der Waals surface area (Å²) < 4.78 is 21.9. The Bertz CT molecular complexity index is 821. The second-order valence-corrected chi connectivity index (χ2v) is 6.60. The molecule has 0 bridgehead atoms. The van der Waals surface area contributed by atoms with Gasteiger partial charge in [0.25, 0.3) is 5.91 Å². The average molecular weight is 415 g/mol. The lowest BCUT2D eigenvalue weighted by Crippen LogP contribution is -2.33. The number of amides is 1. The maximum absolute atomic E-state index is 12.3. The van der Waals surface area contributed by atoms with Crippen LogP contribution in [0.4, 0.5) is 0 Å². The summed E-state index contributed by atoms with van der Waals surface area (Å²) in [7, 11) is 3.11. The molecule has 0 aromatic heterocycles. The summed E-state index contributed by atoms with van der Waals surface area (Å²) in [4.78, 5) is 12.3. The molecule has 2 aromatic carbocycles. The normalized spacial score (nSPS) is 11.7. The Morgan fingerprint density at radius 3 is 2.47 bits per heavy atom. The fraction of sp³-hybridized carbons (Fsp3) is 0.391. The zero-order valence-electron chi connectivity index (χ0n) is 18.0. The Morgan fingerprint density at radius 2 is 1.80 bits per heavy atom. The first-order valence-corrected chi connectivity index (χ1v) is 10.0. The monoisotopic (exact) mass is 414 g/mol. The van der Waals surface area contributed by atoms with Gasteiger partial charge < -0.3 is 18.9 Å². The van der Waals surface area contributed by atoms with Crippen LogP contribution >= 0.6 is 0 Å². The van der Waals surface area contributed by atoms with Crippen molar-refractivity contribution in [3.8, 4) is 23.0 Å².